The Morgan fingerprint density at radius 2 is 2.11 bits per heavy atom. The van der Waals surface area contributed by atoms with E-state index in [1.54, 1.807) is 6.92 Å². The minimum Gasteiger partial charge on any atom is -0.465 e. The van der Waals surface area contributed by atoms with Crippen molar-refractivity contribution in [2.45, 2.75) is 44.7 Å². The summed E-state index contributed by atoms with van der Waals surface area (Å²) in [6.45, 7) is 0.589. The SMILES string of the molecule is CCOC(=O)C1CCc2sc(NC(=O)C3CCN(CC(F)(F)F)C(=O)C3)nc21. The van der Waals surface area contributed by atoms with Crippen molar-refractivity contribution in [3.05, 3.63) is 10.6 Å². The number of hydrogen-bond acceptors (Lipinski definition) is 6. The molecule has 0 bridgehead atoms. The van der Waals surface area contributed by atoms with Gasteiger partial charge in [-0.05, 0) is 26.2 Å². The van der Waals surface area contributed by atoms with Gasteiger partial charge in [-0.15, -0.1) is 11.3 Å². The second kappa shape index (κ2) is 8.06. The number of aromatic nitrogens is 1. The number of thiazole rings is 1. The Balaban J connectivity index is 1.59. The fourth-order valence-corrected chi connectivity index (χ4v) is 4.49. The Bertz CT molecular complexity index is 780. The van der Waals surface area contributed by atoms with Gasteiger partial charge in [0.2, 0.25) is 11.8 Å². The van der Waals surface area contributed by atoms with Crippen molar-refractivity contribution in [2.75, 3.05) is 25.0 Å². The molecule has 2 aliphatic rings. The minimum absolute atomic E-state index is 0.115. The molecule has 11 heteroatoms. The highest BCUT2D eigenvalue weighted by atomic mass is 32.1. The summed E-state index contributed by atoms with van der Waals surface area (Å²) in [6.07, 6.45) is -3.28. The molecule has 0 saturated carbocycles. The number of halogens is 3. The summed E-state index contributed by atoms with van der Waals surface area (Å²) in [7, 11) is 0. The molecule has 2 unspecified atom stereocenters. The van der Waals surface area contributed by atoms with Crippen LogP contribution in [0.2, 0.25) is 0 Å². The van der Waals surface area contributed by atoms with Gasteiger partial charge >= 0.3 is 12.1 Å². The third kappa shape index (κ3) is 4.62. The first-order chi connectivity index (χ1) is 13.2. The lowest BCUT2D eigenvalue weighted by Gasteiger charge is -2.31. The summed E-state index contributed by atoms with van der Waals surface area (Å²) in [6, 6.07) is 0. The van der Waals surface area contributed by atoms with E-state index in [0.717, 1.165) is 9.78 Å². The number of carbonyl (C=O) groups excluding carboxylic acids is 3. The first kappa shape index (κ1) is 20.6. The van der Waals surface area contributed by atoms with Crippen molar-refractivity contribution in [1.29, 1.82) is 0 Å². The summed E-state index contributed by atoms with van der Waals surface area (Å²) in [5, 5.41) is 2.97. The molecule has 0 aromatic carbocycles. The number of piperidine rings is 1. The number of esters is 1. The van der Waals surface area contributed by atoms with Crippen LogP contribution in [0, 0.1) is 5.92 Å². The molecule has 154 valence electrons. The lowest BCUT2D eigenvalue weighted by atomic mass is 9.95. The average molecular weight is 419 g/mol. The zero-order valence-electron chi connectivity index (χ0n) is 15.2. The van der Waals surface area contributed by atoms with Crippen LogP contribution in [0.1, 0.15) is 42.7 Å². The van der Waals surface area contributed by atoms with Crippen molar-refractivity contribution in [3.8, 4) is 0 Å². The molecule has 0 spiro atoms. The lowest BCUT2D eigenvalue weighted by molar-refractivity contribution is -0.165. The van der Waals surface area contributed by atoms with Gasteiger partial charge in [0, 0.05) is 23.8 Å². The lowest BCUT2D eigenvalue weighted by Crippen LogP contribution is -2.46. The maximum Gasteiger partial charge on any atom is 0.406 e. The van der Waals surface area contributed by atoms with E-state index in [0.29, 0.717) is 23.7 Å². The number of aryl methyl sites for hydroxylation is 1. The molecule has 2 heterocycles. The highest BCUT2D eigenvalue weighted by molar-refractivity contribution is 7.16. The molecule has 1 saturated heterocycles. The molecule has 3 rings (SSSR count). The van der Waals surface area contributed by atoms with Gasteiger partial charge in [0.25, 0.3) is 0 Å². The average Bonchev–Trinajstić information content (AvgIpc) is 3.15. The van der Waals surface area contributed by atoms with Crippen LogP contribution in [0.15, 0.2) is 0 Å². The van der Waals surface area contributed by atoms with Gasteiger partial charge in [0.05, 0.1) is 12.3 Å². The van der Waals surface area contributed by atoms with E-state index in [4.69, 9.17) is 4.74 Å². The maximum absolute atomic E-state index is 12.5. The molecule has 1 aromatic rings. The molecule has 7 nitrogen and oxygen atoms in total. The highest BCUT2D eigenvalue weighted by Crippen LogP contribution is 2.39. The van der Waals surface area contributed by atoms with E-state index in [9.17, 15) is 27.6 Å². The molecule has 0 radical (unpaired) electrons. The van der Waals surface area contributed by atoms with Crippen molar-refractivity contribution >= 4 is 34.3 Å². The molecular weight excluding hydrogens is 399 g/mol. The molecule has 1 fully saturated rings. The number of nitrogens with zero attached hydrogens (tertiary/aromatic N) is 2. The normalized spacial score (nSPS) is 22.1. The molecule has 2 amide bonds. The van der Waals surface area contributed by atoms with E-state index < -0.39 is 36.4 Å². The van der Waals surface area contributed by atoms with Gasteiger partial charge < -0.3 is 15.0 Å². The summed E-state index contributed by atoms with van der Waals surface area (Å²) in [5.41, 5.74) is 0.606. The number of alkyl halides is 3. The third-order valence-corrected chi connectivity index (χ3v) is 5.83. The zero-order chi connectivity index (χ0) is 20.5. The quantitative estimate of drug-likeness (QED) is 0.741. The Labute approximate surface area is 163 Å². The Morgan fingerprint density at radius 1 is 1.36 bits per heavy atom. The molecular formula is C17H20F3N3O4S. The highest BCUT2D eigenvalue weighted by Gasteiger charge is 2.38. The van der Waals surface area contributed by atoms with Gasteiger partial charge in [-0.25, -0.2) is 4.98 Å². The van der Waals surface area contributed by atoms with Gasteiger partial charge in [-0.3, -0.25) is 14.4 Å². The standard InChI is InChI=1S/C17H20F3N3O4S/c1-2-27-15(26)10-3-4-11-13(10)21-16(28-11)22-14(25)9-5-6-23(12(24)7-9)8-17(18,19)20/h9-10H,2-8H2,1H3,(H,21,22,25). The van der Waals surface area contributed by atoms with Gasteiger partial charge in [-0.1, -0.05) is 0 Å². The Hall–Kier alpha value is -2.17. The van der Waals surface area contributed by atoms with E-state index in [2.05, 4.69) is 10.3 Å². The summed E-state index contributed by atoms with van der Waals surface area (Å²) in [5.74, 6) is -2.61. The summed E-state index contributed by atoms with van der Waals surface area (Å²) < 4.78 is 42.4. The number of fused-ring (bicyclic) bond motifs is 1. The number of amides is 2. The largest absolute Gasteiger partial charge is 0.465 e. The van der Waals surface area contributed by atoms with Crippen molar-refractivity contribution < 1.29 is 32.3 Å². The number of hydrogen-bond donors (Lipinski definition) is 1. The monoisotopic (exact) mass is 419 g/mol. The molecule has 1 aliphatic carbocycles. The summed E-state index contributed by atoms with van der Waals surface area (Å²) in [4.78, 5) is 42.3. The van der Waals surface area contributed by atoms with Crippen LogP contribution in [0.5, 0.6) is 0 Å². The van der Waals surface area contributed by atoms with E-state index >= 15 is 0 Å². The molecule has 1 N–H and O–H groups in total. The van der Waals surface area contributed by atoms with Crippen LogP contribution >= 0.6 is 11.3 Å². The molecule has 1 aliphatic heterocycles. The first-order valence-electron chi connectivity index (χ1n) is 8.99. The van der Waals surface area contributed by atoms with Gasteiger partial charge in [0.15, 0.2) is 5.13 Å². The Morgan fingerprint density at radius 3 is 2.75 bits per heavy atom. The second-order valence-corrected chi connectivity index (χ2v) is 7.86. The van der Waals surface area contributed by atoms with Crippen LogP contribution in [-0.4, -0.2) is 53.5 Å². The van der Waals surface area contributed by atoms with Gasteiger partial charge in [-0.2, -0.15) is 13.2 Å². The topological polar surface area (TPSA) is 88.6 Å². The van der Waals surface area contributed by atoms with E-state index in [1.165, 1.54) is 11.3 Å². The number of rotatable bonds is 5. The van der Waals surface area contributed by atoms with Crippen LogP contribution in [0.25, 0.3) is 0 Å². The zero-order valence-corrected chi connectivity index (χ0v) is 16.0. The van der Waals surface area contributed by atoms with Crippen LogP contribution in [0.4, 0.5) is 18.3 Å². The number of anilines is 1. The van der Waals surface area contributed by atoms with E-state index in [1.807, 2.05) is 0 Å². The fraction of sp³-hybridized carbons (Fsp3) is 0.647. The van der Waals surface area contributed by atoms with Crippen LogP contribution in [0.3, 0.4) is 0 Å². The van der Waals surface area contributed by atoms with Crippen LogP contribution < -0.4 is 5.32 Å². The number of nitrogens with one attached hydrogen (secondary N) is 1. The van der Waals surface area contributed by atoms with Crippen molar-refractivity contribution in [3.63, 3.8) is 0 Å². The number of ether oxygens (including phenoxy) is 1. The summed E-state index contributed by atoms with van der Waals surface area (Å²) >= 11 is 1.27. The molecule has 2 atom stereocenters. The second-order valence-electron chi connectivity index (χ2n) is 6.78. The third-order valence-electron chi connectivity index (χ3n) is 4.78. The number of carbonyl (C=O) groups is 3. The minimum atomic E-state index is -4.46. The predicted octanol–water partition coefficient (Wildman–Crippen LogP) is 2.48. The van der Waals surface area contributed by atoms with Crippen molar-refractivity contribution in [2.24, 2.45) is 5.92 Å². The van der Waals surface area contributed by atoms with Gasteiger partial charge in [0.1, 0.15) is 12.5 Å². The fourth-order valence-electron chi connectivity index (χ4n) is 3.45. The van der Waals surface area contributed by atoms with Crippen molar-refractivity contribution in [1.82, 2.24) is 9.88 Å². The first-order valence-corrected chi connectivity index (χ1v) is 9.81. The number of likely N-dealkylation sites (tertiary alicyclic amines) is 1. The smallest absolute Gasteiger partial charge is 0.406 e. The molecule has 1 aromatic heterocycles. The Kier molecular flexibility index (Phi) is 5.92. The molecule has 28 heavy (non-hydrogen) atoms. The van der Waals surface area contributed by atoms with E-state index in [-0.39, 0.29) is 32.0 Å². The maximum atomic E-state index is 12.5. The van der Waals surface area contributed by atoms with Crippen LogP contribution in [-0.2, 0) is 25.5 Å². The predicted molar refractivity (Wildman–Crippen MR) is 93.8 cm³/mol.